The summed E-state index contributed by atoms with van der Waals surface area (Å²) < 4.78 is 15.9. The van der Waals surface area contributed by atoms with Crippen molar-refractivity contribution in [3.63, 3.8) is 0 Å². The largest absolute Gasteiger partial charge is 0.493 e. The van der Waals surface area contributed by atoms with Gasteiger partial charge in [-0.1, -0.05) is 19.6 Å². The van der Waals surface area contributed by atoms with Gasteiger partial charge in [-0.2, -0.15) is 0 Å². The highest BCUT2D eigenvalue weighted by Gasteiger charge is 2.15. The fourth-order valence-corrected chi connectivity index (χ4v) is 1.55. The van der Waals surface area contributed by atoms with Crippen molar-refractivity contribution in [3.8, 4) is 17.2 Å². The monoisotopic (exact) mass is 234 g/mol. The van der Waals surface area contributed by atoms with E-state index in [2.05, 4.69) is 13.2 Å². The predicted octanol–water partition coefficient (Wildman–Crippen LogP) is 3.52. The molecule has 1 unspecified atom stereocenters. The van der Waals surface area contributed by atoms with Crippen LogP contribution in [0.15, 0.2) is 37.6 Å². The number of allylic oxidation sites excluding steroid dienone is 1. The first-order valence-electron chi connectivity index (χ1n) is 5.34. The van der Waals surface area contributed by atoms with E-state index >= 15 is 0 Å². The first-order valence-corrected chi connectivity index (χ1v) is 5.34. The molecule has 0 saturated carbocycles. The van der Waals surface area contributed by atoms with E-state index in [1.807, 2.05) is 19.1 Å². The number of hydrogen-bond acceptors (Lipinski definition) is 3. The van der Waals surface area contributed by atoms with E-state index in [1.54, 1.807) is 20.3 Å². The van der Waals surface area contributed by atoms with Crippen LogP contribution >= 0.6 is 0 Å². The lowest BCUT2D eigenvalue weighted by molar-refractivity contribution is 0.351. The summed E-state index contributed by atoms with van der Waals surface area (Å²) in [6.07, 6.45) is 3.23. The van der Waals surface area contributed by atoms with Gasteiger partial charge in [0.1, 0.15) is 5.75 Å². The van der Waals surface area contributed by atoms with Crippen LogP contribution in [-0.2, 0) is 0 Å². The van der Waals surface area contributed by atoms with Crippen LogP contribution in [0.1, 0.15) is 18.4 Å². The maximum atomic E-state index is 5.38. The quantitative estimate of drug-likeness (QED) is 0.557. The van der Waals surface area contributed by atoms with Crippen molar-refractivity contribution in [1.29, 1.82) is 0 Å². The van der Waals surface area contributed by atoms with Crippen molar-refractivity contribution in [1.82, 2.24) is 0 Å². The lowest BCUT2D eigenvalue weighted by Crippen LogP contribution is -1.98. The lowest BCUT2D eigenvalue weighted by Gasteiger charge is -2.16. The van der Waals surface area contributed by atoms with Crippen LogP contribution in [0.25, 0.3) is 0 Å². The second-order valence-corrected chi connectivity index (χ2v) is 3.55. The molecule has 0 heterocycles. The van der Waals surface area contributed by atoms with Crippen LogP contribution in [0.5, 0.6) is 17.2 Å². The Balaban J connectivity index is 3.33. The van der Waals surface area contributed by atoms with E-state index in [4.69, 9.17) is 14.2 Å². The molecule has 1 rings (SSSR count). The molecule has 0 spiro atoms. The number of methoxy groups -OCH3 is 2. The van der Waals surface area contributed by atoms with Gasteiger partial charge in [-0.05, 0) is 6.07 Å². The summed E-state index contributed by atoms with van der Waals surface area (Å²) in [5.41, 5.74) is 0.984. The molecule has 0 N–H and O–H groups in total. The molecule has 0 aliphatic heterocycles. The second kappa shape index (κ2) is 5.99. The molecule has 92 valence electrons. The minimum absolute atomic E-state index is 0.157. The van der Waals surface area contributed by atoms with Gasteiger partial charge in [-0.25, -0.2) is 0 Å². The average molecular weight is 234 g/mol. The number of rotatable bonds is 6. The molecular formula is C14H18O3. The number of ether oxygens (including phenoxy) is 3. The molecule has 0 saturated heterocycles. The summed E-state index contributed by atoms with van der Waals surface area (Å²) in [4.78, 5) is 0. The van der Waals surface area contributed by atoms with Crippen LogP contribution in [0, 0.1) is 0 Å². The minimum atomic E-state index is 0.157. The van der Waals surface area contributed by atoms with Gasteiger partial charge < -0.3 is 14.2 Å². The molecule has 3 nitrogen and oxygen atoms in total. The Hall–Kier alpha value is -1.90. The highest BCUT2D eigenvalue weighted by molar-refractivity contribution is 5.52. The first kappa shape index (κ1) is 13.2. The summed E-state index contributed by atoms with van der Waals surface area (Å²) >= 11 is 0. The molecule has 1 aromatic carbocycles. The Morgan fingerprint density at radius 2 is 1.65 bits per heavy atom. The van der Waals surface area contributed by atoms with Crippen molar-refractivity contribution in [3.05, 3.63) is 43.2 Å². The highest BCUT2D eigenvalue weighted by Crippen LogP contribution is 2.38. The Morgan fingerprint density at radius 1 is 1.06 bits per heavy atom. The van der Waals surface area contributed by atoms with E-state index in [9.17, 15) is 0 Å². The van der Waals surface area contributed by atoms with Gasteiger partial charge >= 0.3 is 0 Å². The maximum absolute atomic E-state index is 5.38. The molecule has 0 bridgehead atoms. The Bertz CT molecular complexity index is 410. The highest BCUT2D eigenvalue weighted by atomic mass is 16.5. The predicted molar refractivity (Wildman–Crippen MR) is 69.0 cm³/mol. The molecule has 0 amide bonds. The third kappa shape index (κ3) is 2.81. The Kier molecular flexibility index (Phi) is 4.64. The van der Waals surface area contributed by atoms with Gasteiger partial charge in [0, 0.05) is 17.5 Å². The van der Waals surface area contributed by atoms with Crippen LogP contribution < -0.4 is 14.2 Å². The van der Waals surface area contributed by atoms with Gasteiger partial charge in [0.05, 0.1) is 20.5 Å². The van der Waals surface area contributed by atoms with Crippen LogP contribution in [0.2, 0.25) is 0 Å². The Morgan fingerprint density at radius 3 is 2.12 bits per heavy atom. The van der Waals surface area contributed by atoms with Crippen molar-refractivity contribution < 1.29 is 14.2 Å². The van der Waals surface area contributed by atoms with Gasteiger partial charge in [0.25, 0.3) is 0 Å². The molecular weight excluding hydrogens is 216 g/mol. The SMILES string of the molecule is C=COc1cc(OC)c(OC)cc1C(C)C=C. The van der Waals surface area contributed by atoms with Gasteiger partial charge in [0.2, 0.25) is 0 Å². The molecule has 1 aromatic rings. The lowest BCUT2D eigenvalue weighted by atomic mass is 9.99. The zero-order chi connectivity index (χ0) is 12.8. The molecule has 0 radical (unpaired) electrons. The van der Waals surface area contributed by atoms with E-state index in [1.165, 1.54) is 6.26 Å². The molecule has 0 aliphatic rings. The molecule has 3 heteroatoms. The maximum Gasteiger partial charge on any atom is 0.164 e. The smallest absolute Gasteiger partial charge is 0.164 e. The van der Waals surface area contributed by atoms with E-state index in [0.717, 1.165) is 5.56 Å². The van der Waals surface area contributed by atoms with Gasteiger partial charge in [-0.3, -0.25) is 0 Å². The van der Waals surface area contributed by atoms with E-state index in [-0.39, 0.29) is 5.92 Å². The molecule has 0 aromatic heterocycles. The first-order chi connectivity index (χ1) is 8.17. The fourth-order valence-electron chi connectivity index (χ4n) is 1.55. The van der Waals surface area contributed by atoms with Crippen LogP contribution in [0.4, 0.5) is 0 Å². The summed E-state index contributed by atoms with van der Waals surface area (Å²) in [5.74, 6) is 2.16. The van der Waals surface area contributed by atoms with Crippen molar-refractivity contribution in [2.75, 3.05) is 14.2 Å². The van der Waals surface area contributed by atoms with Crippen molar-refractivity contribution >= 4 is 0 Å². The summed E-state index contributed by atoms with van der Waals surface area (Å²) in [6.45, 7) is 9.37. The normalized spacial score (nSPS) is 11.5. The van der Waals surface area contributed by atoms with Crippen LogP contribution in [0.3, 0.4) is 0 Å². The molecule has 0 fully saturated rings. The number of hydrogen-bond donors (Lipinski definition) is 0. The van der Waals surface area contributed by atoms with E-state index < -0.39 is 0 Å². The van der Waals surface area contributed by atoms with Gasteiger partial charge in [0.15, 0.2) is 11.5 Å². The molecule has 0 aliphatic carbocycles. The van der Waals surface area contributed by atoms with Crippen molar-refractivity contribution in [2.24, 2.45) is 0 Å². The van der Waals surface area contributed by atoms with Gasteiger partial charge in [-0.15, -0.1) is 6.58 Å². The molecule has 17 heavy (non-hydrogen) atoms. The zero-order valence-electron chi connectivity index (χ0n) is 10.5. The van der Waals surface area contributed by atoms with E-state index in [0.29, 0.717) is 17.2 Å². The fraction of sp³-hybridized carbons (Fsp3) is 0.286. The summed E-state index contributed by atoms with van der Waals surface area (Å²) in [6, 6.07) is 3.68. The minimum Gasteiger partial charge on any atom is -0.493 e. The standard InChI is InChI=1S/C14H18O3/c1-6-10(3)11-8-13(15-4)14(16-5)9-12(11)17-7-2/h6-10H,1-2H2,3-5H3. The van der Waals surface area contributed by atoms with Crippen LogP contribution in [-0.4, -0.2) is 14.2 Å². The average Bonchev–Trinajstić information content (AvgIpc) is 2.37. The topological polar surface area (TPSA) is 27.7 Å². The molecule has 1 atom stereocenters. The zero-order valence-corrected chi connectivity index (χ0v) is 10.5. The number of benzene rings is 1. The van der Waals surface area contributed by atoms with Crippen molar-refractivity contribution in [2.45, 2.75) is 12.8 Å². The summed E-state index contributed by atoms with van der Waals surface area (Å²) in [5, 5.41) is 0. The Labute approximate surface area is 102 Å². The third-order valence-electron chi connectivity index (χ3n) is 2.57. The third-order valence-corrected chi connectivity index (χ3v) is 2.57. The second-order valence-electron chi connectivity index (χ2n) is 3.55. The summed E-state index contributed by atoms with van der Waals surface area (Å²) in [7, 11) is 3.19.